The molecule has 116 valence electrons. The average molecular weight is 319 g/mol. The largest absolute Gasteiger partial charge is 0.365 e. The van der Waals surface area contributed by atoms with Gasteiger partial charge in [0.1, 0.15) is 11.8 Å². The molecule has 8 nitrogen and oxygen atoms in total. The maximum atomic E-state index is 11.6. The fourth-order valence-corrected chi connectivity index (χ4v) is 3.49. The summed E-state index contributed by atoms with van der Waals surface area (Å²) in [5.41, 5.74) is 6.82. The third-order valence-electron chi connectivity index (χ3n) is 3.40. The highest BCUT2D eigenvalue weighted by Gasteiger charge is 2.26. The van der Waals surface area contributed by atoms with Crippen molar-refractivity contribution in [2.45, 2.75) is 11.7 Å². The Kier molecular flexibility index (Phi) is 4.25. The monoisotopic (exact) mass is 319 g/mol. The van der Waals surface area contributed by atoms with Crippen LogP contribution in [0.15, 0.2) is 23.8 Å². The zero-order valence-electron chi connectivity index (χ0n) is 12.1. The van der Waals surface area contributed by atoms with E-state index in [4.69, 9.17) is 5.73 Å². The van der Waals surface area contributed by atoms with Gasteiger partial charge >= 0.3 is 0 Å². The number of carbonyl (C=O) groups excluding carboxylic acids is 1. The fourth-order valence-electron chi connectivity index (χ4n) is 2.36. The smallest absolute Gasteiger partial charge is 0.256 e. The van der Waals surface area contributed by atoms with Crippen LogP contribution in [0.3, 0.4) is 0 Å². The molecule has 0 bridgehead atoms. The summed E-state index contributed by atoms with van der Waals surface area (Å²) in [6, 6.07) is 0. The van der Waals surface area contributed by atoms with Crippen LogP contribution in [-0.2, 0) is 4.79 Å². The molecule has 1 amide bonds. The van der Waals surface area contributed by atoms with Crippen LogP contribution in [0.2, 0.25) is 0 Å². The molecule has 3 rings (SSSR count). The number of aromatic nitrogens is 4. The van der Waals surface area contributed by atoms with E-state index >= 15 is 0 Å². The first kappa shape index (κ1) is 14.8. The second-order valence-electron chi connectivity index (χ2n) is 4.94. The van der Waals surface area contributed by atoms with Crippen LogP contribution < -0.4 is 16.0 Å². The summed E-state index contributed by atoms with van der Waals surface area (Å²) < 4.78 is 0. The van der Waals surface area contributed by atoms with Crippen molar-refractivity contribution in [2.24, 2.45) is 5.73 Å². The van der Waals surface area contributed by atoms with Gasteiger partial charge in [0.25, 0.3) is 5.91 Å². The molecular weight excluding hydrogens is 302 g/mol. The Morgan fingerprint density at radius 2 is 2.41 bits per heavy atom. The minimum atomic E-state index is -0.418. The lowest BCUT2D eigenvalue weighted by molar-refractivity contribution is -0.113. The van der Waals surface area contributed by atoms with Gasteiger partial charge in [0.05, 0.1) is 11.2 Å². The Balaban J connectivity index is 1.95. The van der Waals surface area contributed by atoms with Crippen molar-refractivity contribution in [1.82, 2.24) is 25.3 Å². The molecule has 1 aliphatic heterocycles. The van der Waals surface area contributed by atoms with Gasteiger partial charge in [0, 0.05) is 18.0 Å². The molecule has 9 heteroatoms. The number of hydrogen-bond acceptors (Lipinski definition) is 7. The summed E-state index contributed by atoms with van der Waals surface area (Å²) in [6.45, 7) is 1.62. The number of H-pyrrole nitrogens is 1. The van der Waals surface area contributed by atoms with E-state index in [1.807, 2.05) is 11.9 Å². The topological polar surface area (TPSA) is 113 Å². The lowest BCUT2D eigenvalue weighted by atomic mass is 10.2. The Hall–Kier alpha value is -2.13. The van der Waals surface area contributed by atoms with Crippen molar-refractivity contribution in [2.75, 3.05) is 25.0 Å². The molecule has 0 saturated heterocycles. The van der Waals surface area contributed by atoms with E-state index in [0.717, 1.165) is 25.0 Å². The molecule has 2 aromatic heterocycles. The standard InChI is InChI=1S/C13H17N7OS/c1-15-3-2-8-4-20(5-9(22-8)11(14)21)13-10-12(17-6-16-10)18-7-19-13/h5-8,15H,2-4H2,1H3,(H2,14,21)(H,16,17,18,19). The minimum Gasteiger partial charge on any atom is -0.365 e. The number of imidazole rings is 1. The molecule has 0 aromatic carbocycles. The van der Waals surface area contributed by atoms with Crippen LogP contribution in [0.4, 0.5) is 5.82 Å². The van der Waals surface area contributed by atoms with E-state index in [9.17, 15) is 4.79 Å². The number of amides is 1. The van der Waals surface area contributed by atoms with Gasteiger partial charge in [-0.15, -0.1) is 11.8 Å². The van der Waals surface area contributed by atoms with Gasteiger partial charge in [-0.05, 0) is 20.0 Å². The van der Waals surface area contributed by atoms with Crippen molar-refractivity contribution in [3.05, 3.63) is 23.8 Å². The number of nitrogens with one attached hydrogen (secondary N) is 2. The van der Waals surface area contributed by atoms with Crippen LogP contribution in [0.1, 0.15) is 6.42 Å². The van der Waals surface area contributed by atoms with E-state index in [1.54, 1.807) is 12.5 Å². The Labute approximate surface area is 131 Å². The third kappa shape index (κ3) is 2.90. The summed E-state index contributed by atoms with van der Waals surface area (Å²) in [4.78, 5) is 29.7. The first-order valence-corrected chi connectivity index (χ1v) is 7.80. The van der Waals surface area contributed by atoms with E-state index in [1.165, 1.54) is 18.1 Å². The predicted octanol–water partition coefficient (Wildman–Crippen LogP) is 0.211. The molecule has 1 unspecified atom stereocenters. The summed E-state index contributed by atoms with van der Waals surface area (Å²) in [5, 5.41) is 3.39. The molecule has 0 spiro atoms. The van der Waals surface area contributed by atoms with Crippen LogP contribution in [-0.4, -0.2) is 51.2 Å². The number of hydrogen-bond donors (Lipinski definition) is 3. The van der Waals surface area contributed by atoms with Crippen molar-refractivity contribution >= 4 is 34.7 Å². The molecular formula is C13H17N7OS. The van der Waals surface area contributed by atoms with Crippen molar-refractivity contribution in [3.63, 3.8) is 0 Å². The quantitative estimate of drug-likeness (QED) is 0.722. The number of carbonyl (C=O) groups is 1. The molecule has 0 fully saturated rings. The van der Waals surface area contributed by atoms with Gasteiger partial charge in [0.2, 0.25) is 0 Å². The van der Waals surface area contributed by atoms with Crippen molar-refractivity contribution in [3.8, 4) is 0 Å². The Morgan fingerprint density at radius 1 is 1.55 bits per heavy atom. The fraction of sp³-hybridized carbons (Fsp3) is 0.385. The normalized spacial score (nSPS) is 18.5. The predicted molar refractivity (Wildman–Crippen MR) is 86.2 cm³/mol. The van der Waals surface area contributed by atoms with Crippen LogP contribution in [0.25, 0.3) is 11.2 Å². The second kappa shape index (κ2) is 6.32. The van der Waals surface area contributed by atoms with Crippen molar-refractivity contribution in [1.29, 1.82) is 0 Å². The lowest BCUT2D eigenvalue weighted by Gasteiger charge is -2.30. The van der Waals surface area contributed by atoms with E-state index in [0.29, 0.717) is 16.4 Å². The van der Waals surface area contributed by atoms with Gasteiger partial charge < -0.3 is 20.9 Å². The lowest BCUT2D eigenvalue weighted by Crippen LogP contribution is -2.35. The number of nitrogens with two attached hydrogens (primary N) is 1. The zero-order valence-corrected chi connectivity index (χ0v) is 12.9. The molecule has 22 heavy (non-hydrogen) atoms. The van der Waals surface area contributed by atoms with Gasteiger partial charge in [0.15, 0.2) is 11.5 Å². The average Bonchev–Trinajstić information content (AvgIpc) is 3.01. The number of fused-ring (bicyclic) bond motifs is 1. The molecule has 1 atom stereocenters. The number of nitrogens with zero attached hydrogens (tertiary/aromatic N) is 4. The molecule has 3 heterocycles. The number of rotatable bonds is 5. The van der Waals surface area contributed by atoms with Gasteiger partial charge in [-0.3, -0.25) is 4.79 Å². The molecule has 0 aliphatic carbocycles. The zero-order chi connectivity index (χ0) is 15.5. The highest BCUT2D eigenvalue weighted by Crippen LogP contribution is 2.33. The maximum absolute atomic E-state index is 11.6. The molecule has 2 aromatic rings. The number of aromatic amines is 1. The summed E-state index contributed by atoms with van der Waals surface area (Å²) in [5.74, 6) is 0.287. The first-order chi connectivity index (χ1) is 10.7. The number of thioether (sulfide) groups is 1. The van der Waals surface area contributed by atoms with E-state index in [-0.39, 0.29) is 5.25 Å². The van der Waals surface area contributed by atoms with Gasteiger partial charge in [-0.1, -0.05) is 0 Å². The van der Waals surface area contributed by atoms with E-state index in [2.05, 4.69) is 25.3 Å². The maximum Gasteiger partial charge on any atom is 0.256 e. The highest BCUT2D eigenvalue weighted by atomic mass is 32.2. The van der Waals surface area contributed by atoms with Gasteiger partial charge in [-0.25, -0.2) is 15.0 Å². The molecule has 0 saturated carbocycles. The number of anilines is 1. The summed E-state index contributed by atoms with van der Waals surface area (Å²) in [6.07, 6.45) is 5.74. The molecule has 1 aliphatic rings. The first-order valence-electron chi connectivity index (χ1n) is 6.92. The van der Waals surface area contributed by atoms with E-state index < -0.39 is 5.91 Å². The summed E-state index contributed by atoms with van der Waals surface area (Å²) >= 11 is 1.52. The summed E-state index contributed by atoms with van der Waals surface area (Å²) in [7, 11) is 1.91. The minimum absolute atomic E-state index is 0.257. The third-order valence-corrected chi connectivity index (χ3v) is 4.68. The van der Waals surface area contributed by atoms with Crippen LogP contribution >= 0.6 is 11.8 Å². The van der Waals surface area contributed by atoms with Crippen LogP contribution in [0, 0.1) is 0 Å². The van der Waals surface area contributed by atoms with Gasteiger partial charge in [-0.2, -0.15) is 0 Å². The second-order valence-corrected chi connectivity index (χ2v) is 6.28. The highest BCUT2D eigenvalue weighted by molar-refractivity contribution is 8.04. The number of primary amides is 1. The Morgan fingerprint density at radius 3 is 3.18 bits per heavy atom. The van der Waals surface area contributed by atoms with Crippen LogP contribution in [0.5, 0.6) is 0 Å². The Bertz CT molecular complexity index is 713. The SMILES string of the molecule is CNCCC1CN(c2ncnc3nc[nH]c23)C=C(C(N)=O)S1. The van der Waals surface area contributed by atoms with Crippen molar-refractivity contribution < 1.29 is 4.79 Å². The molecule has 0 radical (unpaired) electrons. The molecule has 4 N–H and O–H groups in total.